The number of hydrogen-bond donors (Lipinski definition) is 0. The van der Waals surface area contributed by atoms with Gasteiger partial charge in [0.25, 0.3) is 0 Å². The number of carbonyl (C=O) groups is 1. The van der Waals surface area contributed by atoms with Gasteiger partial charge in [-0.3, -0.25) is 4.79 Å². The van der Waals surface area contributed by atoms with Gasteiger partial charge in [0.2, 0.25) is 0 Å². The van der Waals surface area contributed by atoms with Crippen LogP contribution < -0.4 is 0 Å². The predicted molar refractivity (Wildman–Crippen MR) is 97.2 cm³/mol. The van der Waals surface area contributed by atoms with Crippen LogP contribution in [0.15, 0.2) is 0 Å². The predicted octanol–water partition coefficient (Wildman–Crippen LogP) is 4.07. The Morgan fingerprint density at radius 2 is 1.80 bits per heavy atom. The van der Waals surface area contributed by atoms with E-state index in [0.717, 1.165) is 25.7 Å². The first-order chi connectivity index (χ1) is 11.8. The van der Waals surface area contributed by atoms with Crippen molar-refractivity contribution in [3.8, 4) is 0 Å². The molecule has 144 valence electrons. The topological polar surface area (TPSA) is 44.8 Å². The molecule has 0 N–H and O–H groups in total. The molecule has 0 aromatic rings. The van der Waals surface area contributed by atoms with Crippen molar-refractivity contribution in [3.63, 3.8) is 0 Å². The largest absolute Gasteiger partial charge is 0.381 e. The summed E-state index contributed by atoms with van der Waals surface area (Å²) in [6.45, 7) is 9.35. The van der Waals surface area contributed by atoms with Crippen LogP contribution in [0.1, 0.15) is 59.8 Å². The highest BCUT2D eigenvalue weighted by molar-refractivity contribution is 5.84. The monoisotopic (exact) mass is 352 g/mol. The molecule has 0 radical (unpaired) electrons. The highest BCUT2D eigenvalue weighted by atomic mass is 16.7. The van der Waals surface area contributed by atoms with E-state index in [-0.39, 0.29) is 34.9 Å². The molecule has 0 aromatic heterocycles. The van der Waals surface area contributed by atoms with Crippen LogP contribution in [-0.4, -0.2) is 39.0 Å². The summed E-state index contributed by atoms with van der Waals surface area (Å²) in [5, 5.41) is 0. The summed E-state index contributed by atoms with van der Waals surface area (Å²) in [6, 6.07) is 0. The fourth-order valence-electron chi connectivity index (χ4n) is 6.78. The zero-order valence-electron chi connectivity index (χ0n) is 16.8. The fraction of sp³-hybridized carbons (Fsp3) is 0.952. The molecule has 0 unspecified atom stereocenters. The molecule has 3 rings (SSSR count). The smallest absolute Gasteiger partial charge is 0.146 e. The summed E-state index contributed by atoms with van der Waals surface area (Å²) < 4.78 is 17.5. The lowest BCUT2D eigenvalue weighted by molar-refractivity contribution is -0.213. The fourth-order valence-corrected chi connectivity index (χ4v) is 6.78. The van der Waals surface area contributed by atoms with Gasteiger partial charge in [-0.05, 0) is 49.4 Å². The van der Waals surface area contributed by atoms with Gasteiger partial charge in [-0.2, -0.15) is 0 Å². The van der Waals surface area contributed by atoms with Gasteiger partial charge in [-0.25, -0.2) is 0 Å². The van der Waals surface area contributed by atoms with Gasteiger partial charge in [0.15, 0.2) is 0 Å². The van der Waals surface area contributed by atoms with Gasteiger partial charge in [0.1, 0.15) is 12.6 Å². The molecule has 0 amide bonds. The molecule has 2 bridgehead atoms. The molecule has 3 fully saturated rings. The quantitative estimate of drug-likeness (QED) is 0.716. The second-order valence-electron chi connectivity index (χ2n) is 9.15. The third-order valence-corrected chi connectivity index (χ3v) is 8.39. The lowest BCUT2D eigenvalue weighted by Gasteiger charge is -2.61. The molecule has 4 nitrogen and oxygen atoms in total. The maximum Gasteiger partial charge on any atom is 0.146 e. The Labute approximate surface area is 153 Å². The molecular weight excluding hydrogens is 316 g/mol. The van der Waals surface area contributed by atoms with E-state index in [0.29, 0.717) is 24.4 Å². The maximum atomic E-state index is 13.2. The Morgan fingerprint density at radius 3 is 2.44 bits per heavy atom. The van der Waals surface area contributed by atoms with Crippen molar-refractivity contribution in [1.29, 1.82) is 0 Å². The normalized spacial score (nSPS) is 50.2. The van der Waals surface area contributed by atoms with E-state index >= 15 is 0 Å². The Kier molecular flexibility index (Phi) is 5.36. The number of rotatable bonds is 4. The van der Waals surface area contributed by atoms with Crippen molar-refractivity contribution in [2.45, 2.75) is 72.0 Å². The second kappa shape index (κ2) is 6.94. The minimum Gasteiger partial charge on any atom is -0.381 e. The first-order valence-electron chi connectivity index (χ1n) is 10.00. The van der Waals surface area contributed by atoms with Crippen LogP contribution in [0.25, 0.3) is 0 Å². The van der Waals surface area contributed by atoms with Crippen LogP contribution in [-0.2, 0) is 19.0 Å². The lowest BCUT2D eigenvalue weighted by atomic mass is 9.45. The number of methoxy groups -OCH3 is 2. The molecule has 0 saturated heterocycles. The van der Waals surface area contributed by atoms with Crippen LogP contribution in [0.5, 0.6) is 0 Å². The number of ketones is 1. The third-order valence-electron chi connectivity index (χ3n) is 8.39. The second-order valence-corrected chi connectivity index (χ2v) is 9.15. The van der Waals surface area contributed by atoms with E-state index < -0.39 is 0 Å². The summed E-state index contributed by atoms with van der Waals surface area (Å²) in [4.78, 5) is 13.2. The van der Waals surface area contributed by atoms with Crippen molar-refractivity contribution in [3.05, 3.63) is 0 Å². The minimum absolute atomic E-state index is 0.0111. The van der Waals surface area contributed by atoms with Crippen LogP contribution in [0.4, 0.5) is 0 Å². The van der Waals surface area contributed by atoms with Crippen molar-refractivity contribution in [1.82, 2.24) is 0 Å². The minimum atomic E-state index is 0.0111. The summed E-state index contributed by atoms with van der Waals surface area (Å²) in [5.41, 5.74) is 0.0829. The molecule has 0 aliphatic heterocycles. The average Bonchev–Trinajstić information content (AvgIpc) is 3.00. The van der Waals surface area contributed by atoms with Gasteiger partial charge in [-0.1, -0.05) is 27.7 Å². The first kappa shape index (κ1) is 19.3. The van der Waals surface area contributed by atoms with E-state index in [1.165, 1.54) is 6.42 Å². The van der Waals surface area contributed by atoms with Crippen molar-refractivity contribution in [2.75, 3.05) is 21.0 Å². The zero-order chi connectivity index (χ0) is 18.4. The van der Waals surface area contributed by atoms with Gasteiger partial charge in [0, 0.05) is 31.5 Å². The summed E-state index contributed by atoms with van der Waals surface area (Å²) >= 11 is 0. The van der Waals surface area contributed by atoms with Gasteiger partial charge < -0.3 is 14.2 Å². The molecule has 0 spiro atoms. The van der Waals surface area contributed by atoms with E-state index in [2.05, 4.69) is 27.7 Å². The molecule has 3 aliphatic rings. The number of carbonyl (C=O) groups excluding carboxylic acids is 1. The molecule has 0 aromatic carbocycles. The third kappa shape index (κ3) is 2.71. The number of hydrogen-bond acceptors (Lipinski definition) is 4. The van der Waals surface area contributed by atoms with Gasteiger partial charge >= 0.3 is 0 Å². The molecular formula is C21H36O4. The first-order valence-corrected chi connectivity index (χ1v) is 10.00. The standard InChI is InChI=1S/C21H36O4/c1-13-11-17(25-12-23-5)20(4)14(2)7-9-21(15(3)18(13)22)10-8-16(24-6)19(20)21/h13-17,19H,7-12H2,1-6H3/t13-,14+,15-,16+,17-,19+,20-,21-/m0/s1. The van der Waals surface area contributed by atoms with Crippen LogP contribution in [0.2, 0.25) is 0 Å². The van der Waals surface area contributed by atoms with E-state index in [1.807, 2.05) is 7.11 Å². The van der Waals surface area contributed by atoms with Crippen molar-refractivity contribution < 1.29 is 19.0 Å². The Bertz CT molecular complexity index is 506. The van der Waals surface area contributed by atoms with Gasteiger partial charge in [0.05, 0.1) is 12.2 Å². The summed E-state index contributed by atoms with van der Waals surface area (Å²) in [5.74, 6) is 1.51. The molecule has 8 atom stereocenters. The average molecular weight is 353 g/mol. The lowest BCUT2D eigenvalue weighted by Crippen LogP contribution is -2.61. The van der Waals surface area contributed by atoms with E-state index in [9.17, 15) is 4.79 Å². The summed E-state index contributed by atoms with van der Waals surface area (Å²) in [6.07, 6.45) is 5.53. The Morgan fingerprint density at radius 1 is 1.12 bits per heavy atom. The van der Waals surface area contributed by atoms with E-state index in [4.69, 9.17) is 14.2 Å². The van der Waals surface area contributed by atoms with Crippen molar-refractivity contribution >= 4 is 5.78 Å². The zero-order valence-corrected chi connectivity index (χ0v) is 16.8. The highest BCUT2D eigenvalue weighted by Gasteiger charge is 2.66. The maximum absolute atomic E-state index is 13.2. The van der Waals surface area contributed by atoms with E-state index in [1.54, 1.807) is 7.11 Å². The summed E-state index contributed by atoms with van der Waals surface area (Å²) in [7, 11) is 3.51. The molecule has 0 heterocycles. The Balaban J connectivity index is 2.12. The molecule has 3 aliphatic carbocycles. The highest BCUT2D eigenvalue weighted by Crippen LogP contribution is 2.67. The number of ether oxygens (including phenoxy) is 3. The molecule has 3 saturated carbocycles. The van der Waals surface area contributed by atoms with Crippen LogP contribution >= 0.6 is 0 Å². The van der Waals surface area contributed by atoms with Crippen LogP contribution in [0.3, 0.4) is 0 Å². The molecule has 4 heteroatoms. The number of Topliss-reactive ketones (excluding diaryl/α,β-unsaturated/α-hetero) is 1. The molecule has 25 heavy (non-hydrogen) atoms. The van der Waals surface area contributed by atoms with Gasteiger partial charge in [-0.15, -0.1) is 0 Å². The Hall–Kier alpha value is -0.450. The SMILES string of the molecule is COCO[C@H]1C[C@H](C)C(=O)[C@H](C)[C@@]23CC[C@@H](C)[C@]1(C)[C@H]2[C@H](OC)CC3. The van der Waals surface area contributed by atoms with Crippen molar-refractivity contribution in [2.24, 2.45) is 34.5 Å². The van der Waals surface area contributed by atoms with Crippen LogP contribution in [0, 0.1) is 34.5 Å².